The minimum absolute atomic E-state index is 0.0207. The molecule has 0 saturated carbocycles. The van der Waals surface area contributed by atoms with Gasteiger partial charge >= 0.3 is 0 Å². The van der Waals surface area contributed by atoms with Crippen LogP contribution in [-0.2, 0) is 0 Å². The van der Waals surface area contributed by atoms with E-state index < -0.39 is 0 Å². The highest BCUT2D eigenvalue weighted by Gasteiger charge is 2.24. The molecule has 7 heteroatoms. The van der Waals surface area contributed by atoms with E-state index in [1.54, 1.807) is 22.8 Å². The molecule has 0 unspecified atom stereocenters. The van der Waals surface area contributed by atoms with Gasteiger partial charge in [-0.05, 0) is 62.4 Å². The van der Waals surface area contributed by atoms with Gasteiger partial charge in [0.1, 0.15) is 5.75 Å². The van der Waals surface area contributed by atoms with Crippen LogP contribution in [0.1, 0.15) is 18.1 Å². The smallest absolute Gasteiger partial charge is 0.288 e. The van der Waals surface area contributed by atoms with Crippen molar-refractivity contribution in [3.8, 4) is 5.75 Å². The molecule has 0 radical (unpaired) electrons. The standard InChI is InChI=1S/C23H20Cl2N2O2S/c1-3-29-18-9-7-17(8-10-18)26-23(30)21(27-12-4-5-15(2)14-27)22(28)16-6-11-19(24)20(25)13-16/h4-14H,3H2,1-2H3,(H-,26,28,30)/p+1. The van der Waals surface area contributed by atoms with Crippen LogP contribution in [0.3, 0.4) is 0 Å². The summed E-state index contributed by atoms with van der Waals surface area (Å²) in [6.45, 7) is 4.50. The second-order valence-electron chi connectivity index (χ2n) is 6.53. The number of aliphatic hydroxyl groups is 1. The van der Waals surface area contributed by atoms with Crippen molar-refractivity contribution in [1.29, 1.82) is 0 Å². The van der Waals surface area contributed by atoms with Crippen molar-refractivity contribution in [2.24, 2.45) is 0 Å². The van der Waals surface area contributed by atoms with Gasteiger partial charge in [0.2, 0.25) is 0 Å². The molecule has 0 atom stereocenters. The average molecular weight is 460 g/mol. The van der Waals surface area contributed by atoms with Crippen LogP contribution >= 0.6 is 35.4 Å². The summed E-state index contributed by atoms with van der Waals surface area (Å²) in [5.74, 6) is 0.754. The Hall–Kier alpha value is -2.60. The first-order valence-corrected chi connectivity index (χ1v) is 10.5. The van der Waals surface area contributed by atoms with Gasteiger partial charge in [-0.3, -0.25) is 0 Å². The van der Waals surface area contributed by atoms with Gasteiger partial charge in [-0.2, -0.15) is 4.57 Å². The van der Waals surface area contributed by atoms with E-state index in [1.165, 1.54) is 0 Å². The van der Waals surface area contributed by atoms with Crippen molar-refractivity contribution in [3.63, 3.8) is 0 Å². The van der Waals surface area contributed by atoms with Crippen molar-refractivity contribution >= 4 is 57.6 Å². The molecule has 2 aromatic carbocycles. The third kappa shape index (κ3) is 5.30. The highest BCUT2D eigenvalue weighted by Crippen LogP contribution is 2.27. The third-order valence-corrected chi connectivity index (χ3v) is 5.30. The number of aryl methyl sites for hydroxylation is 1. The summed E-state index contributed by atoms with van der Waals surface area (Å²) in [7, 11) is 0. The number of nitrogens with zero attached hydrogens (tertiary/aromatic N) is 1. The summed E-state index contributed by atoms with van der Waals surface area (Å²) >= 11 is 17.8. The van der Waals surface area contributed by atoms with Gasteiger partial charge in [-0.15, -0.1) is 0 Å². The Kier molecular flexibility index (Phi) is 7.32. The Bertz CT molecular complexity index is 1100. The van der Waals surface area contributed by atoms with E-state index in [2.05, 4.69) is 5.32 Å². The quantitative estimate of drug-likeness (QED) is 0.196. The lowest BCUT2D eigenvalue weighted by Crippen LogP contribution is -2.38. The molecule has 154 valence electrons. The summed E-state index contributed by atoms with van der Waals surface area (Å²) < 4.78 is 7.25. The molecule has 0 aliphatic rings. The summed E-state index contributed by atoms with van der Waals surface area (Å²) in [5.41, 5.74) is 2.71. The van der Waals surface area contributed by atoms with Crippen LogP contribution in [-0.4, -0.2) is 16.7 Å². The number of nitrogens with one attached hydrogen (secondary N) is 1. The van der Waals surface area contributed by atoms with Crippen LogP contribution in [0.4, 0.5) is 5.69 Å². The topological polar surface area (TPSA) is 45.4 Å². The Labute approximate surface area is 191 Å². The lowest BCUT2D eigenvalue weighted by atomic mass is 10.1. The van der Waals surface area contributed by atoms with Gasteiger partial charge < -0.3 is 15.2 Å². The summed E-state index contributed by atoms with van der Waals surface area (Å²) in [4.78, 5) is 0.346. The van der Waals surface area contributed by atoms with Crippen molar-refractivity contribution in [1.82, 2.24) is 0 Å². The molecule has 0 aliphatic carbocycles. The van der Waals surface area contributed by atoms with E-state index in [9.17, 15) is 5.11 Å². The van der Waals surface area contributed by atoms with Crippen LogP contribution in [0.5, 0.6) is 5.75 Å². The highest BCUT2D eigenvalue weighted by molar-refractivity contribution is 7.81. The van der Waals surface area contributed by atoms with E-state index in [-0.39, 0.29) is 5.76 Å². The van der Waals surface area contributed by atoms with Crippen LogP contribution in [0.25, 0.3) is 11.5 Å². The molecule has 0 saturated heterocycles. The van der Waals surface area contributed by atoms with Gasteiger partial charge in [0.15, 0.2) is 23.1 Å². The minimum Gasteiger partial charge on any atom is -0.502 e. The normalized spacial score (nSPS) is 11.6. The fraction of sp³-hybridized carbons (Fsp3) is 0.130. The number of ether oxygens (including phenoxy) is 1. The van der Waals surface area contributed by atoms with Crippen LogP contribution < -0.4 is 14.6 Å². The fourth-order valence-corrected chi connectivity index (χ4v) is 3.47. The van der Waals surface area contributed by atoms with Crippen molar-refractivity contribution < 1.29 is 14.4 Å². The Morgan fingerprint density at radius 1 is 1.10 bits per heavy atom. The van der Waals surface area contributed by atoms with Crippen molar-refractivity contribution in [2.45, 2.75) is 13.8 Å². The van der Waals surface area contributed by atoms with Gasteiger partial charge in [0, 0.05) is 22.9 Å². The Morgan fingerprint density at radius 3 is 2.47 bits per heavy atom. The van der Waals surface area contributed by atoms with E-state index in [4.69, 9.17) is 40.2 Å². The number of thiocarbonyl (C=S) groups is 1. The van der Waals surface area contributed by atoms with E-state index in [1.807, 2.05) is 62.6 Å². The summed E-state index contributed by atoms with van der Waals surface area (Å²) in [6.07, 6.45) is 3.71. The second kappa shape index (κ2) is 9.94. The number of rotatable bonds is 6. The summed E-state index contributed by atoms with van der Waals surface area (Å²) in [5, 5.41) is 15.1. The fourth-order valence-electron chi connectivity index (χ4n) is 2.85. The molecular formula is C23H21Cl2N2O2S+. The van der Waals surface area contributed by atoms with Crippen molar-refractivity contribution in [2.75, 3.05) is 11.9 Å². The number of anilines is 1. The number of pyridine rings is 1. The molecule has 3 aromatic rings. The second-order valence-corrected chi connectivity index (χ2v) is 7.75. The Morgan fingerprint density at radius 2 is 1.83 bits per heavy atom. The van der Waals surface area contributed by atoms with Gasteiger partial charge in [-0.25, -0.2) is 0 Å². The van der Waals surface area contributed by atoms with Crippen molar-refractivity contribution in [3.05, 3.63) is 88.2 Å². The maximum absolute atomic E-state index is 11.1. The minimum atomic E-state index is -0.0207. The number of aromatic nitrogens is 1. The summed E-state index contributed by atoms with van der Waals surface area (Å²) in [6, 6.07) is 16.2. The van der Waals surface area contributed by atoms with E-state index in [0.29, 0.717) is 32.9 Å². The van der Waals surface area contributed by atoms with Gasteiger partial charge in [0.05, 0.1) is 16.7 Å². The van der Waals surface area contributed by atoms with E-state index >= 15 is 0 Å². The first-order valence-electron chi connectivity index (χ1n) is 9.30. The number of hydrogen-bond donors (Lipinski definition) is 2. The average Bonchev–Trinajstić information content (AvgIpc) is 2.72. The number of aliphatic hydroxyl groups excluding tert-OH is 1. The molecule has 0 spiro atoms. The lowest BCUT2D eigenvalue weighted by Gasteiger charge is -2.11. The van der Waals surface area contributed by atoms with Crippen LogP contribution in [0.2, 0.25) is 10.0 Å². The van der Waals surface area contributed by atoms with E-state index in [0.717, 1.165) is 17.0 Å². The molecule has 30 heavy (non-hydrogen) atoms. The molecule has 0 amide bonds. The number of halogens is 2. The maximum Gasteiger partial charge on any atom is 0.288 e. The zero-order chi connectivity index (χ0) is 21.7. The molecule has 0 fully saturated rings. The molecular weight excluding hydrogens is 439 g/mol. The third-order valence-electron chi connectivity index (χ3n) is 4.26. The number of hydrogen-bond acceptors (Lipinski definition) is 3. The highest BCUT2D eigenvalue weighted by atomic mass is 35.5. The Balaban J connectivity index is 2.02. The molecule has 0 aliphatic heterocycles. The lowest BCUT2D eigenvalue weighted by molar-refractivity contribution is -0.576. The first kappa shape index (κ1) is 22.1. The predicted octanol–water partition coefficient (Wildman–Crippen LogP) is 6.31. The molecule has 3 rings (SSSR count). The van der Waals surface area contributed by atoms with Crippen LogP contribution in [0, 0.1) is 6.92 Å². The molecule has 2 N–H and O–H groups in total. The molecule has 0 bridgehead atoms. The largest absolute Gasteiger partial charge is 0.502 e. The zero-order valence-corrected chi connectivity index (χ0v) is 18.9. The number of benzene rings is 2. The molecule has 1 aromatic heterocycles. The zero-order valence-electron chi connectivity index (χ0n) is 16.5. The van der Waals surface area contributed by atoms with Gasteiger partial charge in [0.25, 0.3) is 5.70 Å². The van der Waals surface area contributed by atoms with Gasteiger partial charge in [-0.1, -0.05) is 35.4 Å². The molecule has 4 nitrogen and oxygen atoms in total. The predicted molar refractivity (Wildman–Crippen MR) is 127 cm³/mol. The maximum atomic E-state index is 11.1. The molecule has 1 heterocycles. The SMILES string of the molecule is CCOc1ccc(NC(=S)C(=C(O)c2ccc(Cl)c(Cl)c2)[n+]2cccc(C)c2)cc1. The monoisotopic (exact) mass is 459 g/mol. The van der Waals surface area contributed by atoms with Crippen LogP contribution in [0.15, 0.2) is 67.0 Å². The first-order chi connectivity index (χ1) is 14.4.